The minimum Gasteiger partial charge on any atom is -0.481 e. The van der Waals surface area contributed by atoms with Crippen LogP contribution in [0, 0.1) is 6.92 Å². The van der Waals surface area contributed by atoms with E-state index in [1.807, 2.05) is 13.0 Å². The molecule has 0 bridgehead atoms. The van der Waals surface area contributed by atoms with E-state index < -0.39 is 6.10 Å². The zero-order valence-corrected chi connectivity index (χ0v) is 17.9. The summed E-state index contributed by atoms with van der Waals surface area (Å²) in [7, 11) is 0. The fourth-order valence-corrected chi connectivity index (χ4v) is 3.44. The number of benzene rings is 2. The van der Waals surface area contributed by atoms with Crippen LogP contribution in [-0.4, -0.2) is 38.3 Å². The van der Waals surface area contributed by atoms with Crippen LogP contribution >= 0.6 is 0 Å². The third-order valence-electron chi connectivity index (χ3n) is 5.24. The summed E-state index contributed by atoms with van der Waals surface area (Å²) in [5, 5.41) is 2.98. The highest BCUT2D eigenvalue weighted by molar-refractivity contribution is 5.80. The van der Waals surface area contributed by atoms with Crippen LogP contribution in [0.2, 0.25) is 0 Å². The fourth-order valence-electron chi connectivity index (χ4n) is 3.44. The maximum atomic E-state index is 12.5. The highest BCUT2D eigenvalue weighted by Gasteiger charge is 2.17. The number of aryl methyl sites for hydroxylation is 1. The van der Waals surface area contributed by atoms with Crippen molar-refractivity contribution in [1.82, 2.24) is 5.32 Å². The molecular formula is C24H32N2O3. The van der Waals surface area contributed by atoms with Crippen LogP contribution in [0.25, 0.3) is 0 Å². The molecule has 2 aromatic carbocycles. The number of carbonyl (C=O) groups excluding carboxylic acids is 1. The molecule has 2 aromatic rings. The van der Waals surface area contributed by atoms with Crippen LogP contribution in [0.3, 0.4) is 0 Å². The highest BCUT2D eigenvalue weighted by Crippen LogP contribution is 2.28. The van der Waals surface area contributed by atoms with Crippen LogP contribution in [0.1, 0.15) is 43.4 Å². The van der Waals surface area contributed by atoms with Gasteiger partial charge in [-0.15, -0.1) is 0 Å². The maximum absolute atomic E-state index is 12.5. The van der Waals surface area contributed by atoms with Gasteiger partial charge in [0.1, 0.15) is 5.75 Å². The second kappa shape index (κ2) is 9.79. The Bertz CT molecular complexity index is 811. The third kappa shape index (κ3) is 5.73. The maximum Gasteiger partial charge on any atom is 0.261 e. The zero-order valence-electron chi connectivity index (χ0n) is 17.9. The number of nitrogens with one attached hydrogen (secondary N) is 1. The standard InChI is InChI=1S/C24H32N2O3/c1-17(2)22-10-5-18(3)15-23(22)29-19(4)24(27)25-16-20-6-8-21(9-7-20)26-11-13-28-14-12-26/h5-10,15,17,19H,11-14,16H2,1-4H3,(H,25,27)/t19-/m1/s1. The molecule has 1 aliphatic rings. The molecule has 3 rings (SSSR count). The molecule has 29 heavy (non-hydrogen) atoms. The second-order valence-corrected chi connectivity index (χ2v) is 7.94. The predicted octanol–water partition coefficient (Wildman–Crippen LogP) is 4.04. The molecule has 0 aliphatic carbocycles. The average Bonchev–Trinajstić information content (AvgIpc) is 2.73. The van der Waals surface area contributed by atoms with E-state index in [0.717, 1.165) is 48.7 Å². The van der Waals surface area contributed by atoms with Crippen LogP contribution in [0.4, 0.5) is 5.69 Å². The first kappa shape index (κ1) is 21.2. The number of rotatable bonds is 7. The molecule has 0 spiro atoms. The van der Waals surface area contributed by atoms with Crippen molar-refractivity contribution in [2.75, 3.05) is 31.2 Å². The molecule has 1 saturated heterocycles. The van der Waals surface area contributed by atoms with Crippen molar-refractivity contribution in [3.63, 3.8) is 0 Å². The van der Waals surface area contributed by atoms with Crippen molar-refractivity contribution < 1.29 is 14.3 Å². The quantitative estimate of drug-likeness (QED) is 0.767. The second-order valence-electron chi connectivity index (χ2n) is 7.94. The van der Waals surface area contributed by atoms with E-state index in [1.165, 1.54) is 5.69 Å². The van der Waals surface area contributed by atoms with Crippen LogP contribution in [0.15, 0.2) is 42.5 Å². The Morgan fingerprint density at radius 2 is 1.79 bits per heavy atom. The lowest BCUT2D eigenvalue weighted by atomic mass is 10.0. The lowest BCUT2D eigenvalue weighted by Gasteiger charge is -2.28. The molecule has 5 heteroatoms. The normalized spacial score (nSPS) is 15.3. The molecule has 0 aromatic heterocycles. The molecule has 1 fully saturated rings. The van der Waals surface area contributed by atoms with Crippen molar-refractivity contribution in [2.45, 2.75) is 46.3 Å². The summed E-state index contributed by atoms with van der Waals surface area (Å²) < 4.78 is 11.4. The third-order valence-corrected chi connectivity index (χ3v) is 5.24. The van der Waals surface area contributed by atoms with Gasteiger partial charge in [-0.05, 0) is 54.7 Å². The summed E-state index contributed by atoms with van der Waals surface area (Å²) in [6.45, 7) is 12.0. The van der Waals surface area contributed by atoms with Gasteiger partial charge in [-0.25, -0.2) is 0 Å². The Morgan fingerprint density at radius 3 is 2.45 bits per heavy atom. The van der Waals surface area contributed by atoms with Crippen LogP contribution in [-0.2, 0) is 16.1 Å². The smallest absolute Gasteiger partial charge is 0.261 e. The number of nitrogens with zero attached hydrogens (tertiary/aromatic N) is 1. The first-order valence-electron chi connectivity index (χ1n) is 10.4. The van der Waals surface area contributed by atoms with E-state index in [1.54, 1.807) is 6.92 Å². The van der Waals surface area contributed by atoms with E-state index in [-0.39, 0.29) is 5.91 Å². The Kier molecular flexibility index (Phi) is 7.15. The number of morpholine rings is 1. The van der Waals surface area contributed by atoms with Gasteiger partial charge in [0.25, 0.3) is 5.91 Å². The van der Waals surface area contributed by atoms with Crippen molar-refractivity contribution in [2.24, 2.45) is 0 Å². The average molecular weight is 397 g/mol. The first-order valence-corrected chi connectivity index (χ1v) is 10.4. The summed E-state index contributed by atoms with van der Waals surface area (Å²) in [6.07, 6.45) is -0.554. The van der Waals surface area contributed by atoms with E-state index in [0.29, 0.717) is 12.5 Å². The minimum atomic E-state index is -0.554. The monoisotopic (exact) mass is 396 g/mol. The van der Waals surface area contributed by atoms with Gasteiger partial charge in [0.2, 0.25) is 0 Å². The molecular weight excluding hydrogens is 364 g/mol. The molecule has 1 aliphatic heterocycles. The van der Waals surface area contributed by atoms with Gasteiger partial charge in [0.15, 0.2) is 6.10 Å². The number of amides is 1. The van der Waals surface area contributed by atoms with E-state index in [9.17, 15) is 4.79 Å². The summed E-state index contributed by atoms with van der Waals surface area (Å²) in [5.41, 5.74) is 4.51. The molecule has 156 valence electrons. The topological polar surface area (TPSA) is 50.8 Å². The number of anilines is 1. The molecule has 0 unspecified atom stereocenters. The summed E-state index contributed by atoms with van der Waals surface area (Å²) in [4.78, 5) is 14.9. The number of hydrogen-bond donors (Lipinski definition) is 1. The van der Waals surface area contributed by atoms with Crippen LogP contribution < -0.4 is 15.0 Å². The Morgan fingerprint density at radius 1 is 1.10 bits per heavy atom. The number of ether oxygens (including phenoxy) is 2. The van der Waals surface area contributed by atoms with Crippen molar-refractivity contribution in [3.8, 4) is 5.75 Å². The molecule has 5 nitrogen and oxygen atoms in total. The fraction of sp³-hybridized carbons (Fsp3) is 0.458. The summed E-state index contributed by atoms with van der Waals surface area (Å²) in [5.74, 6) is 1.02. The van der Waals surface area contributed by atoms with E-state index in [2.05, 4.69) is 60.5 Å². The largest absolute Gasteiger partial charge is 0.481 e. The van der Waals surface area contributed by atoms with Gasteiger partial charge in [-0.1, -0.05) is 38.1 Å². The molecule has 1 atom stereocenters. The number of hydrogen-bond acceptors (Lipinski definition) is 4. The van der Waals surface area contributed by atoms with Crippen molar-refractivity contribution >= 4 is 11.6 Å². The van der Waals surface area contributed by atoms with Gasteiger partial charge in [-0.2, -0.15) is 0 Å². The van der Waals surface area contributed by atoms with E-state index in [4.69, 9.17) is 9.47 Å². The van der Waals surface area contributed by atoms with Crippen molar-refractivity contribution in [3.05, 3.63) is 59.2 Å². The van der Waals surface area contributed by atoms with Gasteiger partial charge < -0.3 is 19.7 Å². The lowest BCUT2D eigenvalue weighted by Crippen LogP contribution is -2.36. The Balaban J connectivity index is 1.54. The number of carbonyl (C=O) groups is 1. The van der Waals surface area contributed by atoms with Crippen molar-refractivity contribution in [1.29, 1.82) is 0 Å². The summed E-state index contributed by atoms with van der Waals surface area (Å²) >= 11 is 0. The van der Waals surface area contributed by atoms with Gasteiger partial charge in [0, 0.05) is 25.3 Å². The van der Waals surface area contributed by atoms with Gasteiger partial charge >= 0.3 is 0 Å². The Hall–Kier alpha value is -2.53. The predicted molar refractivity (Wildman–Crippen MR) is 117 cm³/mol. The molecule has 1 heterocycles. The van der Waals surface area contributed by atoms with E-state index >= 15 is 0 Å². The SMILES string of the molecule is Cc1ccc(C(C)C)c(O[C@H](C)C(=O)NCc2ccc(N3CCOCC3)cc2)c1. The summed E-state index contributed by atoms with van der Waals surface area (Å²) in [6, 6.07) is 14.5. The molecule has 1 N–H and O–H groups in total. The highest BCUT2D eigenvalue weighted by atomic mass is 16.5. The Labute approximate surface area is 174 Å². The zero-order chi connectivity index (χ0) is 20.8. The van der Waals surface area contributed by atoms with Crippen LogP contribution in [0.5, 0.6) is 5.75 Å². The lowest BCUT2D eigenvalue weighted by molar-refractivity contribution is -0.127. The minimum absolute atomic E-state index is 0.113. The molecule has 0 saturated carbocycles. The van der Waals surface area contributed by atoms with Gasteiger partial charge in [-0.3, -0.25) is 4.79 Å². The van der Waals surface area contributed by atoms with Gasteiger partial charge in [0.05, 0.1) is 13.2 Å². The molecule has 1 amide bonds. The first-order chi connectivity index (χ1) is 13.9. The molecule has 0 radical (unpaired) electrons.